The lowest BCUT2D eigenvalue weighted by atomic mass is 9.92. The van der Waals surface area contributed by atoms with Gasteiger partial charge >= 0.3 is 0 Å². The number of nitrogens with one attached hydrogen (secondary N) is 1. The summed E-state index contributed by atoms with van der Waals surface area (Å²) in [4.78, 5) is 0. The van der Waals surface area contributed by atoms with Gasteiger partial charge in [-0.05, 0) is 48.2 Å². The Kier molecular flexibility index (Phi) is 4.01. The van der Waals surface area contributed by atoms with Gasteiger partial charge in [-0.15, -0.1) is 0 Å². The number of aryl methyl sites for hydroxylation is 1. The van der Waals surface area contributed by atoms with Crippen LogP contribution in [-0.4, -0.2) is 11.1 Å². The average molecular weight is 353 g/mol. The molecule has 0 bridgehead atoms. The van der Waals surface area contributed by atoms with Gasteiger partial charge in [0, 0.05) is 15.2 Å². The lowest BCUT2D eigenvalue weighted by Gasteiger charge is -2.31. The van der Waals surface area contributed by atoms with Crippen molar-refractivity contribution in [3.63, 3.8) is 0 Å². The van der Waals surface area contributed by atoms with Crippen molar-refractivity contribution in [3.05, 3.63) is 63.1 Å². The van der Waals surface area contributed by atoms with Crippen LogP contribution < -0.4 is 5.32 Å². The van der Waals surface area contributed by atoms with E-state index in [9.17, 15) is 5.11 Å². The highest BCUT2D eigenvalue weighted by Crippen LogP contribution is 2.34. The van der Waals surface area contributed by atoms with Crippen molar-refractivity contribution in [2.75, 3.05) is 5.32 Å². The van der Waals surface area contributed by atoms with Crippen LogP contribution in [0.4, 0.5) is 5.69 Å². The van der Waals surface area contributed by atoms with E-state index in [2.05, 4.69) is 33.4 Å². The molecule has 104 valence electrons. The maximum Gasteiger partial charge on any atom is 0.100 e. The topological polar surface area (TPSA) is 32.3 Å². The fraction of sp³-hybridized carbons (Fsp3) is 0.250. The molecule has 20 heavy (non-hydrogen) atoms. The smallest absolute Gasteiger partial charge is 0.100 e. The molecule has 2 unspecified atom stereocenters. The van der Waals surface area contributed by atoms with E-state index in [0.717, 1.165) is 28.6 Å². The molecule has 2 atom stereocenters. The van der Waals surface area contributed by atoms with Gasteiger partial charge in [0.15, 0.2) is 0 Å². The minimum atomic E-state index is -0.587. The monoisotopic (exact) mass is 351 g/mol. The van der Waals surface area contributed by atoms with Gasteiger partial charge in [0.1, 0.15) is 6.10 Å². The maximum absolute atomic E-state index is 10.6. The molecule has 0 aromatic heterocycles. The normalized spacial score (nSPS) is 19.1. The summed E-state index contributed by atoms with van der Waals surface area (Å²) in [6, 6.07) is 13.7. The third-order valence-corrected chi connectivity index (χ3v) is 4.70. The van der Waals surface area contributed by atoms with Gasteiger partial charge < -0.3 is 10.4 Å². The van der Waals surface area contributed by atoms with E-state index in [1.54, 1.807) is 0 Å². The molecule has 0 aliphatic carbocycles. The molecule has 0 fully saturated rings. The summed E-state index contributed by atoms with van der Waals surface area (Å²) in [6.45, 7) is 0. The van der Waals surface area contributed by atoms with Crippen LogP contribution in [0.5, 0.6) is 0 Å². The molecule has 2 aromatic carbocycles. The van der Waals surface area contributed by atoms with Crippen LogP contribution in [0, 0.1) is 0 Å². The standard InChI is InChI=1S/C16H15BrClNO/c17-13-7-6-11(18)9-12(13)16(20)15-8-5-10-3-1-2-4-14(10)19-15/h1-4,6-7,9,15-16,19-20H,5,8H2. The van der Waals surface area contributed by atoms with Gasteiger partial charge in [-0.2, -0.15) is 0 Å². The predicted octanol–water partition coefficient (Wildman–Crippen LogP) is 4.56. The Labute approximate surface area is 131 Å². The predicted molar refractivity (Wildman–Crippen MR) is 86.3 cm³/mol. The van der Waals surface area contributed by atoms with Crippen molar-refractivity contribution in [2.45, 2.75) is 25.0 Å². The third-order valence-electron chi connectivity index (χ3n) is 3.74. The number of hydrogen-bond donors (Lipinski definition) is 2. The Balaban J connectivity index is 1.85. The molecule has 1 heterocycles. The van der Waals surface area contributed by atoms with Gasteiger partial charge in [0.05, 0.1) is 6.04 Å². The molecular formula is C16H15BrClNO. The van der Waals surface area contributed by atoms with Crippen LogP contribution in [0.1, 0.15) is 23.7 Å². The van der Waals surface area contributed by atoms with Crippen molar-refractivity contribution in [1.29, 1.82) is 0 Å². The molecular weight excluding hydrogens is 338 g/mol. The zero-order valence-electron chi connectivity index (χ0n) is 10.8. The molecule has 0 saturated heterocycles. The zero-order chi connectivity index (χ0) is 14.1. The Morgan fingerprint density at radius 3 is 2.90 bits per heavy atom. The highest BCUT2D eigenvalue weighted by molar-refractivity contribution is 9.10. The first kappa shape index (κ1) is 13.9. The number of anilines is 1. The first-order valence-electron chi connectivity index (χ1n) is 6.62. The van der Waals surface area contributed by atoms with E-state index >= 15 is 0 Å². The van der Waals surface area contributed by atoms with E-state index in [4.69, 9.17) is 11.6 Å². The first-order chi connectivity index (χ1) is 9.65. The van der Waals surface area contributed by atoms with Crippen molar-refractivity contribution in [1.82, 2.24) is 0 Å². The fourth-order valence-electron chi connectivity index (χ4n) is 2.66. The summed E-state index contributed by atoms with van der Waals surface area (Å²) in [5.74, 6) is 0. The van der Waals surface area contributed by atoms with Gasteiger partial charge in [-0.3, -0.25) is 0 Å². The lowest BCUT2D eigenvalue weighted by Crippen LogP contribution is -2.31. The quantitative estimate of drug-likeness (QED) is 0.830. The Hall–Kier alpha value is -1.03. The van der Waals surface area contributed by atoms with Gasteiger partial charge in [-0.1, -0.05) is 45.7 Å². The van der Waals surface area contributed by atoms with Crippen LogP contribution in [0.15, 0.2) is 46.9 Å². The second-order valence-electron chi connectivity index (χ2n) is 5.06. The number of rotatable bonds is 2. The Morgan fingerprint density at radius 2 is 2.05 bits per heavy atom. The van der Waals surface area contributed by atoms with E-state index < -0.39 is 6.10 Å². The summed E-state index contributed by atoms with van der Waals surface area (Å²) in [6.07, 6.45) is 1.29. The van der Waals surface area contributed by atoms with E-state index in [0.29, 0.717) is 5.02 Å². The summed E-state index contributed by atoms with van der Waals surface area (Å²) < 4.78 is 0.884. The van der Waals surface area contributed by atoms with Gasteiger partial charge in [0.25, 0.3) is 0 Å². The molecule has 4 heteroatoms. The number of halogens is 2. The molecule has 1 aliphatic heterocycles. The third kappa shape index (κ3) is 2.71. The molecule has 2 nitrogen and oxygen atoms in total. The minimum absolute atomic E-state index is 0.000309. The van der Waals surface area contributed by atoms with Crippen LogP contribution in [0.2, 0.25) is 5.02 Å². The second-order valence-corrected chi connectivity index (χ2v) is 6.35. The molecule has 2 N–H and O–H groups in total. The fourth-order valence-corrected chi connectivity index (χ4v) is 3.32. The Bertz CT molecular complexity index is 632. The molecule has 1 aliphatic rings. The largest absolute Gasteiger partial charge is 0.386 e. The number of hydrogen-bond acceptors (Lipinski definition) is 2. The maximum atomic E-state index is 10.6. The van der Waals surface area contributed by atoms with Gasteiger partial charge in [0.2, 0.25) is 0 Å². The summed E-state index contributed by atoms with van der Waals surface area (Å²) in [5, 5.41) is 14.7. The molecule has 0 radical (unpaired) electrons. The SMILES string of the molecule is OC(c1cc(Cl)ccc1Br)C1CCc2ccccc2N1. The summed E-state index contributed by atoms with van der Waals surface area (Å²) in [7, 11) is 0. The number of aliphatic hydroxyl groups excluding tert-OH is 1. The first-order valence-corrected chi connectivity index (χ1v) is 7.79. The van der Waals surface area contributed by atoms with E-state index in [-0.39, 0.29) is 6.04 Å². The number of benzene rings is 2. The van der Waals surface area contributed by atoms with Crippen LogP contribution >= 0.6 is 27.5 Å². The second kappa shape index (κ2) is 5.76. The summed E-state index contributed by atoms with van der Waals surface area (Å²) in [5.41, 5.74) is 3.25. The number of fused-ring (bicyclic) bond motifs is 1. The van der Waals surface area contributed by atoms with Crippen molar-refractivity contribution in [3.8, 4) is 0 Å². The van der Waals surface area contributed by atoms with Crippen molar-refractivity contribution in [2.24, 2.45) is 0 Å². The zero-order valence-corrected chi connectivity index (χ0v) is 13.2. The van der Waals surface area contributed by atoms with Crippen molar-refractivity contribution < 1.29 is 5.11 Å². The molecule has 2 aromatic rings. The molecule has 0 amide bonds. The number of para-hydroxylation sites is 1. The van der Waals surface area contributed by atoms with Crippen LogP contribution in [0.25, 0.3) is 0 Å². The lowest BCUT2D eigenvalue weighted by molar-refractivity contribution is 0.148. The molecule has 0 saturated carbocycles. The number of aliphatic hydroxyl groups is 1. The minimum Gasteiger partial charge on any atom is -0.386 e. The van der Waals surface area contributed by atoms with Gasteiger partial charge in [-0.25, -0.2) is 0 Å². The molecule has 3 rings (SSSR count). The van der Waals surface area contributed by atoms with Crippen LogP contribution in [-0.2, 0) is 6.42 Å². The highest BCUT2D eigenvalue weighted by atomic mass is 79.9. The average Bonchev–Trinajstić information content (AvgIpc) is 2.48. The van der Waals surface area contributed by atoms with E-state index in [1.807, 2.05) is 30.3 Å². The van der Waals surface area contributed by atoms with E-state index in [1.165, 1.54) is 5.56 Å². The van der Waals surface area contributed by atoms with Crippen molar-refractivity contribution >= 4 is 33.2 Å². The summed E-state index contributed by atoms with van der Waals surface area (Å²) >= 11 is 9.51. The molecule has 0 spiro atoms. The van der Waals surface area contributed by atoms with Crippen LogP contribution in [0.3, 0.4) is 0 Å². The Morgan fingerprint density at radius 1 is 1.25 bits per heavy atom. The highest BCUT2D eigenvalue weighted by Gasteiger charge is 2.26.